The Morgan fingerprint density at radius 2 is 1.78 bits per heavy atom. The van der Waals surface area contributed by atoms with Gasteiger partial charge in [-0.05, 0) is 40.3 Å². The third kappa shape index (κ3) is 5.31. The summed E-state index contributed by atoms with van der Waals surface area (Å²) >= 11 is 1.99. The summed E-state index contributed by atoms with van der Waals surface area (Å²) in [7, 11) is 0. The van der Waals surface area contributed by atoms with Crippen LogP contribution in [-0.4, -0.2) is 10.9 Å². The zero-order valence-electron chi connectivity index (χ0n) is 14.5. The summed E-state index contributed by atoms with van der Waals surface area (Å²) in [6.07, 6.45) is 3.32. The van der Waals surface area contributed by atoms with Gasteiger partial charge >= 0.3 is 0 Å². The van der Waals surface area contributed by atoms with Crippen molar-refractivity contribution in [2.45, 2.75) is 51.7 Å². The van der Waals surface area contributed by atoms with E-state index in [-0.39, 0.29) is 0 Å². The molecule has 124 valence electrons. The number of benzene rings is 2. The van der Waals surface area contributed by atoms with Crippen molar-refractivity contribution >= 4 is 11.8 Å². The van der Waals surface area contributed by atoms with E-state index in [0.717, 1.165) is 23.3 Å². The lowest BCUT2D eigenvalue weighted by Gasteiger charge is -2.16. The maximum absolute atomic E-state index is 10.6. The molecule has 0 aliphatic rings. The van der Waals surface area contributed by atoms with Gasteiger partial charge in [-0.1, -0.05) is 69.7 Å². The van der Waals surface area contributed by atoms with Crippen molar-refractivity contribution < 1.29 is 5.11 Å². The van der Waals surface area contributed by atoms with Crippen LogP contribution in [0, 0.1) is 0 Å². The molecule has 0 radical (unpaired) electrons. The van der Waals surface area contributed by atoms with Crippen molar-refractivity contribution in [2.24, 2.45) is 0 Å². The lowest BCUT2D eigenvalue weighted by atomic mass is 9.93. The summed E-state index contributed by atoms with van der Waals surface area (Å²) in [4.78, 5) is 0. The van der Waals surface area contributed by atoms with Gasteiger partial charge < -0.3 is 5.11 Å². The second-order valence-corrected chi connectivity index (χ2v) is 7.52. The minimum atomic E-state index is 0.338. The van der Waals surface area contributed by atoms with Crippen molar-refractivity contribution in [3.05, 3.63) is 64.7 Å². The van der Waals surface area contributed by atoms with Gasteiger partial charge in [0.2, 0.25) is 0 Å². The highest BCUT2D eigenvalue weighted by molar-refractivity contribution is 7.98. The Balaban J connectivity index is 2.23. The van der Waals surface area contributed by atoms with Crippen LogP contribution in [0.1, 0.15) is 61.8 Å². The fourth-order valence-corrected chi connectivity index (χ4v) is 3.74. The molecule has 0 heterocycles. The van der Waals surface area contributed by atoms with E-state index in [9.17, 15) is 5.11 Å². The highest BCUT2D eigenvalue weighted by Crippen LogP contribution is 2.33. The number of phenols is 1. The van der Waals surface area contributed by atoms with Crippen LogP contribution in [0.3, 0.4) is 0 Å². The summed E-state index contributed by atoms with van der Waals surface area (Å²) in [5, 5.41) is 10.6. The van der Waals surface area contributed by atoms with Gasteiger partial charge in [0.05, 0.1) is 0 Å². The number of thioether (sulfide) groups is 1. The van der Waals surface area contributed by atoms with Crippen LogP contribution in [0.4, 0.5) is 0 Å². The molecule has 0 amide bonds. The molecular formula is C21H28OS. The number of aromatic hydroxyl groups is 1. The predicted molar refractivity (Wildman–Crippen MR) is 103 cm³/mol. The van der Waals surface area contributed by atoms with E-state index in [0.29, 0.717) is 11.7 Å². The van der Waals surface area contributed by atoms with E-state index in [4.69, 9.17) is 0 Å². The van der Waals surface area contributed by atoms with Gasteiger partial charge in [0.1, 0.15) is 5.75 Å². The van der Waals surface area contributed by atoms with Crippen LogP contribution >= 0.6 is 11.8 Å². The van der Waals surface area contributed by atoms with Crippen molar-refractivity contribution in [3.63, 3.8) is 0 Å². The van der Waals surface area contributed by atoms with Gasteiger partial charge in [0.15, 0.2) is 0 Å². The monoisotopic (exact) mass is 328 g/mol. The predicted octanol–water partition coefficient (Wildman–Crippen LogP) is 6.14. The number of hydrogen-bond acceptors (Lipinski definition) is 2. The zero-order chi connectivity index (χ0) is 16.7. The van der Waals surface area contributed by atoms with Crippen LogP contribution in [-0.2, 0) is 12.2 Å². The Kier molecular flexibility index (Phi) is 7.04. The number of hydrogen-bond donors (Lipinski definition) is 1. The largest absolute Gasteiger partial charge is 0.507 e. The third-order valence-electron chi connectivity index (χ3n) is 4.05. The summed E-state index contributed by atoms with van der Waals surface area (Å²) < 4.78 is 0. The van der Waals surface area contributed by atoms with E-state index in [1.807, 2.05) is 17.8 Å². The normalized spacial score (nSPS) is 11.1. The maximum atomic E-state index is 10.6. The van der Waals surface area contributed by atoms with E-state index >= 15 is 0 Å². The van der Waals surface area contributed by atoms with Crippen molar-refractivity contribution in [2.75, 3.05) is 5.75 Å². The van der Waals surface area contributed by atoms with Gasteiger partial charge in [-0.2, -0.15) is 11.8 Å². The van der Waals surface area contributed by atoms with Crippen LogP contribution in [0.5, 0.6) is 5.75 Å². The molecule has 2 rings (SSSR count). The molecule has 2 heteroatoms. The van der Waals surface area contributed by atoms with E-state index in [1.165, 1.54) is 29.7 Å². The zero-order valence-corrected chi connectivity index (χ0v) is 15.3. The summed E-state index contributed by atoms with van der Waals surface area (Å²) in [6.45, 7) is 6.53. The molecule has 0 bridgehead atoms. The third-order valence-corrected chi connectivity index (χ3v) is 5.16. The summed E-state index contributed by atoms with van der Waals surface area (Å²) in [5.74, 6) is 3.06. The molecule has 0 aromatic heterocycles. The Bertz CT molecular complexity index is 605. The van der Waals surface area contributed by atoms with E-state index in [2.05, 4.69) is 57.2 Å². The number of rotatable bonds is 8. The first-order valence-electron chi connectivity index (χ1n) is 8.58. The highest BCUT2D eigenvalue weighted by Gasteiger charge is 2.13. The molecule has 0 saturated heterocycles. The molecule has 0 saturated carbocycles. The number of unbranched alkanes of at least 4 members (excludes halogenated alkanes) is 1. The Morgan fingerprint density at radius 1 is 1.04 bits per heavy atom. The second-order valence-electron chi connectivity index (χ2n) is 6.42. The summed E-state index contributed by atoms with van der Waals surface area (Å²) in [5.41, 5.74) is 4.70. The lowest BCUT2D eigenvalue weighted by molar-refractivity contribution is 0.458. The molecule has 0 aliphatic heterocycles. The molecule has 1 N–H and O–H groups in total. The van der Waals surface area contributed by atoms with E-state index < -0.39 is 0 Å². The SMILES string of the molecule is CCCCSCc1cc(Cc2ccccc2)c(O)c(C(C)C)c1. The lowest BCUT2D eigenvalue weighted by Crippen LogP contribution is -1.98. The molecule has 1 nitrogen and oxygen atoms in total. The first kappa shape index (κ1) is 17.9. The Morgan fingerprint density at radius 3 is 2.43 bits per heavy atom. The molecule has 2 aromatic rings. The molecule has 0 unspecified atom stereocenters. The van der Waals surface area contributed by atoms with Crippen LogP contribution < -0.4 is 0 Å². The quantitative estimate of drug-likeness (QED) is 0.587. The van der Waals surface area contributed by atoms with Gasteiger partial charge in [-0.15, -0.1) is 0 Å². The smallest absolute Gasteiger partial charge is 0.122 e. The molecule has 2 aromatic carbocycles. The standard InChI is InChI=1S/C21H28OS/c1-4-5-11-23-15-18-13-19(12-17-9-7-6-8-10-17)21(22)20(14-18)16(2)3/h6-10,13-14,16,22H,4-5,11-12,15H2,1-3H3. The first-order chi connectivity index (χ1) is 11.1. The molecular weight excluding hydrogens is 300 g/mol. The average Bonchev–Trinajstić information content (AvgIpc) is 2.55. The van der Waals surface area contributed by atoms with Crippen molar-refractivity contribution in [1.29, 1.82) is 0 Å². The maximum Gasteiger partial charge on any atom is 0.122 e. The Hall–Kier alpha value is -1.41. The van der Waals surface area contributed by atoms with Crippen LogP contribution in [0.2, 0.25) is 0 Å². The van der Waals surface area contributed by atoms with Crippen LogP contribution in [0.15, 0.2) is 42.5 Å². The minimum absolute atomic E-state index is 0.338. The average molecular weight is 329 g/mol. The van der Waals surface area contributed by atoms with Crippen molar-refractivity contribution in [1.82, 2.24) is 0 Å². The second kappa shape index (κ2) is 9.02. The van der Waals surface area contributed by atoms with Gasteiger partial charge in [0, 0.05) is 12.2 Å². The highest BCUT2D eigenvalue weighted by atomic mass is 32.2. The van der Waals surface area contributed by atoms with Gasteiger partial charge in [-0.25, -0.2) is 0 Å². The number of phenolic OH excluding ortho intramolecular Hbond substituents is 1. The molecule has 23 heavy (non-hydrogen) atoms. The molecule has 0 atom stereocenters. The molecule has 0 fully saturated rings. The molecule has 0 spiro atoms. The Labute approximate surface area is 145 Å². The fourth-order valence-electron chi connectivity index (χ4n) is 2.70. The van der Waals surface area contributed by atoms with E-state index in [1.54, 1.807) is 0 Å². The van der Waals surface area contributed by atoms with Crippen molar-refractivity contribution in [3.8, 4) is 5.75 Å². The first-order valence-corrected chi connectivity index (χ1v) is 9.73. The minimum Gasteiger partial charge on any atom is -0.507 e. The fraction of sp³-hybridized carbons (Fsp3) is 0.429. The van der Waals surface area contributed by atoms with Gasteiger partial charge in [-0.3, -0.25) is 0 Å². The summed E-state index contributed by atoms with van der Waals surface area (Å²) in [6, 6.07) is 14.8. The molecule has 0 aliphatic carbocycles. The van der Waals surface area contributed by atoms with Crippen LogP contribution in [0.25, 0.3) is 0 Å². The topological polar surface area (TPSA) is 20.2 Å². The van der Waals surface area contributed by atoms with Gasteiger partial charge in [0.25, 0.3) is 0 Å².